The average molecular weight is 503 g/mol. The second-order valence-corrected chi connectivity index (χ2v) is 9.36. The van der Waals surface area contributed by atoms with E-state index >= 15 is 0 Å². The van der Waals surface area contributed by atoms with Crippen LogP contribution in [0.3, 0.4) is 0 Å². The summed E-state index contributed by atoms with van der Waals surface area (Å²) in [4.78, 5) is 1.57. The van der Waals surface area contributed by atoms with E-state index in [0.717, 1.165) is 13.0 Å². The number of benzene rings is 1. The zero-order valence-electron chi connectivity index (χ0n) is 20.9. The summed E-state index contributed by atoms with van der Waals surface area (Å²) in [7, 11) is 2.28. The SMILES string of the molecule is CCCCCCCCCC.C[NH+](CC1=CC(c2ccccc2)=CC1)C(C)(C)C.[Cl-].[Cl-].[Ti]. The van der Waals surface area contributed by atoms with Gasteiger partial charge in [0.05, 0.1) is 19.1 Å². The summed E-state index contributed by atoms with van der Waals surface area (Å²) < 4.78 is 0. The number of rotatable bonds is 10. The molecule has 0 bridgehead atoms. The summed E-state index contributed by atoms with van der Waals surface area (Å²) in [6.07, 6.45) is 17.3. The van der Waals surface area contributed by atoms with Crippen molar-refractivity contribution in [3.63, 3.8) is 0 Å². The van der Waals surface area contributed by atoms with Crippen LogP contribution in [-0.2, 0) is 21.7 Å². The first kappa shape index (κ1) is 35.5. The van der Waals surface area contributed by atoms with Gasteiger partial charge in [0.2, 0.25) is 0 Å². The maximum Gasteiger partial charge on any atom is 0.0995 e. The Balaban J connectivity index is -0.000000529. The van der Waals surface area contributed by atoms with Gasteiger partial charge in [0, 0.05) is 21.7 Å². The summed E-state index contributed by atoms with van der Waals surface area (Å²) in [6.45, 7) is 12.6. The first-order valence-electron chi connectivity index (χ1n) is 11.7. The molecule has 0 saturated heterocycles. The van der Waals surface area contributed by atoms with Gasteiger partial charge < -0.3 is 29.7 Å². The Morgan fingerprint density at radius 1 is 0.806 bits per heavy atom. The van der Waals surface area contributed by atoms with Gasteiger partial charge in [-0.15, -0.1) is 0 Å². The topological polar surface area (TPSA) is 4.44 Å². The van der Waals surface area contributed by atoms with Gasteiger partial charge in [-0.05, 0) is 50.0 Å². The van der Waals surface area contributed by atoms with Gasteiger partial charge in [-0.1, -0.05) is 102 Å². The fraction of sp³-hybridized carbons (Fsp3) is 0.630. The van der Waals surface area contributed by atoms with Crippen molar-refractivity contribution in [3.05, 3.63) is 53.6 Å². The predicted molar refractivity (Wildman–Crippen MR) is 127 cm³/mol. The molecule has 0 radical (unpaired) electrons. The van der Waals surface area contributed by atoms with E-state index in [2.05, 4.69) is 84.2 Å². The van der Waals surface area contributed by atoms with Crippen molar-refractivity contribution in [1.82, 2.24) is 0 Å². The fourth-order valence-corrected chi connectivity index (χ4v) is 3.35. The fourth-order valence-electron chi connectivity index (χ4n) is 3.35. The molecule has 178 valence electrons. The molecule has 0 heterocycles. The van der Waals surface area contributed by atoms with Crippen molar-refractivity contribution in [2.75, 3.05) is 13.6 Å². The van der Waals surface area contributed by atoms with Gasteiger partial charge in [-0.25, -0.2) is 0 Å². The standard InChI is InChI=1S/C17H23N.C10H22.2ClH.Ti/c1-17(2,3)18(4)13-14-10-11-16(12-14)15-8-6-5-7-9-15;1-3-5-7-9-10-8-6-4-2;;;/h5-9,11-12H,10,13H2,1-4H3;3-10H2,1-2H3;2*1H;/p-1. The third kappa shape index (κ3) is 16.2. The molecule has 1 aromatic rings. The number of hydrogen-bond donors (Lipinski definition) is 1. The molecule has 31 heavy (non-hydrogen) atoms. The Morgan fingerprint density at radius 2 is 1.29 bits per heavy atom. The van der Waals surface area contributed by atoms with Gasteiger partial charge in [0.25, 0.3) is 0 Å². The number of allylic oxidation sites excluding steroid dienone is 3. The predicted octanol–water partition coefficient (Wildman–Crippen LogP) is 0.866. The van der Waals surface area contributed by atoms with E-state index in [1.807, 2.05) is 0 Å². The molecule has 0 aliphatic heterocycles. The Labute approximate surface area is 221 Å². The van der Waals surface area contributed by atoms with E-state index in [1.54, 1.807) is 10.5 Å². The molecule has 1 N–H and O–H groups in total. The smallest absolute Gasteiger partial charge is 0.0995 e. The Hall–Kier alpha value is -0.0457. The summed E-state index contributed by atoms with van der Waals surface area (Å²) in [5.41, 5.74) is 4.57. The third-order valence-corrected chi connectivity index (χ3v) is 5.78. The summed E-state index contributed by atoms with van der Waals surface area (Å²) in [6, 6.07) is 10.7. The minimum absolute atomic E-state index is 0. The number of hydrogen-bond acceptors (Lipinski definition) is 0. The molecular formula is C27H46Cl2NTi-. The molecule has 4 heteroatoms. The molecule has 1 aliphatic carbocycles. The van der Waals surface area contributed by atoms with Crippen molar-refractivity contribution in [3.8, 4) is 0 Å². The minimum Gasteiger partial charge on any atom is -1.00 e. The van der Waals surface area contributed by atoms with Crippen LogP contribution in [0.4, 0.5) is 0 Å². The van der Waals surface area contributed by atoms with Crippen LogP contribution < -0.4 is 29.7 Å². The molecule has 0 spiro atoms. The number of quaternary nitrogens is 1. The molecule has 0 amide bonds. The molecule has 1 aliphatic rings. The van der Waals surface area contributed by atoms with Crippen molar-refractivity contribution >= 4 is 5.57 Å². The van der Waals surface area contributed by atoms with Crippen molar-refractivity contribution in [2.45, 2.75) is 97.9 Å². The van der Waals surface area contributed by atoms with Crippen molar-refractivity contribution in [1.29, 1.82) is 0 Å². The zero-order valence-corrected chi connectivity index (χ0v) is 23.9. The molecule has 1 unspecified atom stereocenters. The first-order chi connectivity index (χ1) is 13.4. The second kappa shape index (κ2) is 20.6. The largest absolute Gasteiger partial charge is 1.00 e. The molecule has 1 nitrogen and oxygen atoms in total. The number of likely N-dealkylation sites (N-methyl/N-ethyl adjacent to an activating group) is 1. The molecule has 2 rings (SSSR count). The molecule has 1 atom stereocenters. The Morgan fingerprint density at radius 3 is 1.74 bits per heavy atom. The van der Waals surface area contributed by atoms with Crippen LogP contribution in [0.1, 0.15) is 98.0 Å². The van der Waals surface area contributed by atoms with E-state index < -0.39 is 0 Å². The zero-order chi connectivity index (χ0) is 20.8. The van der Waals surface area contributed by atoms with Gasteiger partial charge in [0.1, 0.15) is 0 Å². The van der Waals surface area contributed by atoms with Gasteiger partial charge in [0.15, 0.2) is 0 Å². The van der Waals surface area contributed by atoms with Crippen LogP contribution in [0.15, 0.2) is 48.1 Å². The molecule has 1 aromatic carbocycles. The Kier molecular flexibility index (Phi) is 23.6. The van der Waals surface area contributed by atoms with Crippen molar-refractivity contribution in [2.24, 2.45) is 0 Å². The summed E-state index contributed by atoms with van der Waals surface area (Å²) in [5, 5.41) is 0. The van der Waals surface area contributed by atoms with Crippen LogP contribution in [0.25, 0.3) is 5.57 Å². The van der Waals surface area contributed by atoms with Crippen LogP contribution in [-0.4, -0.2) is 19.1 Å². The summed E-state index contributed by atoms with van der Waals surface area (Å²) in [5.74, 6) is 0. The van der Waals surface area contributed by atoms with Gasteiger partial charge in [-0.3, -0.25) is 0 Å². The maximum absolute atomic E-state index is 2.37. The van der Waals surface area contributed by atoms with Crippen LogP contribution in [0.5, 0.6) is 0 Å². The normalized spacial score (nSPS) is 13.4. The van der Waals surface area contributed by atoms with E-state index in [0.29, 0.717) is 5.54 Å². The van der Waals surface area contributed by atoms with E-state index in [9.17, 15) is 0 Å². The monoisotopic (exact) mass is 502 g/mol. The number of unbranched alkanes of at least 4 members (excludes halogenated alkanes) is 7. The van der Waals surface area contributed by atoms with Crippen LogP contribution in [0, 0.1) is 0 Å². The average Bonchev–Trinajstić information content (AvgIpc) is 3.14. The van der Waals surface area contributed by atoms with Gasteiger partial charge in [-0.2, -0.15) is 0 Å². The summed E-state index contributed by atoms with van der Waals surface area (Å²) >= 11 is 0. The third-order valence-electron chi connectivity index (χ3n) is 5.78. The van der Waals surface area contributed by atoms with E-state index in [-0.39, 0.29) is 46.5 Å². The van der Waals surface area contributed by atoms with Gasteiger partial charge >= 0.3 is 0 Å². The molecular weight excluding hydrogens is 457 g/mol. The first-order valence-corrected chi connectivity index (χ1v) is 11.7. The quantitative estimate of drug-likeness (QED) is 0.357. The second-order valence-electron chi connectivity index (χ2n) is 9.36. The van der Waals surface area contributed by atoms with E-state index in [4.69, 9.17) is 0 Å². The Bertz CT molecular complexity index is 583. The van der Waals surface area contributed by atoms with Crippen LogP contribution >= 0.6 is 0 Å². The molecule has 0 aromatic heterocycles. The maximum atomic E-state index is 2.37. The minimum atomic E-state index is 0. The van der Waals surface area contributed by atoms with Crippen LogP contribution in [0.2, 0.25) is 0 Å². The van der Waals surface area contributed by atoms with E-state index in [1.165, 1.54) is 62.5 Å². The van der Waals surface area contributed by atoms with Crippen molar-refractivity contribution < 1.29 is 51.4 Å². The number of halogens is 2. The number of nitrogens with one attached hydrogen (secondary N) is 1. The molecule has 0 saturated carbocycles. The molecule has 0 fully saturated rings.